The molecular weight excluding hydrogens is 460 g/mol. The number of anilines is 1. The van der Waals surface area contributed by atoms with Crippen LogP contribution in [-0.4, -0.2) is 39.6 Å². The Morgan fingerprint density at radius 2 is 1.77 bits per heavy atom. The number of carbonyl (C=O) groups is 2. The van der Waals surface area contributed by atoms with E-state index in [9.17, 15) is 9.59 Å². The van der Waals surface area contributed by atoms with Gasteiger partial charge in [0.05, 0.1) is 11.4 Å². The fourth-order valence-electron chi connectivity index (χ4n) is 3.42. The van der Waals surface area contributed by atoms with Crippen LogP contribution in [0.1, 0.15) is 51.8 Å². The Hall–Kier alpha value is -3.38. The smallest absolute Gasteiger partial charge is 0.247 e. The highest BCUT2D eigenvalue weighted by Crippen LogP contribution is 2.27. The molecule has 3 rings (SSSR count). The monoisotopic (exact) mass is 492 g/mol. The molecule has 1 aromatic heterocycles. The van der Waals surface area contributed by atoms with Crippen molar-refractivity contribution in [2.75, 3.05) is 18.4 Å². The second-order valence-electron chi connectivity index (χ2n) is 9.46. The molecule has 0 aliphatic heterocycles. The largest absolute Gasteiger partial charge is 0.330 e. The number of nitrogens with zero attached hydrogens (tertiary/aromatic N) is 3. The Labute approximate surface area is 212 Å². The highest BCUT2D eigenvalue weighted by atomic mass is 35.5. The molecular formula is C28H33ClN4O2. The second kappa shape index (κ2) is 11.8. The predicted octanol–water partition coefficient (Wildman–Crippen LogP) is 6.10. The quantitative estimate of drug-likeness (QED) is 0.367. The molecule has 0 fully saturated rings. The number of hydrogen-bond acceptors (Lipinski definition) is 3. The van der Waals surface area contributed by atoms with Crippen LogP contribution in [0, 0.1) is 0 Å². The number of hydrogen-bond donors (Lipinski definition) is 1. The molecule has 6 nitrogen and oxygen atoms in total. The van der Waals surface area contributed by atoms with Crippen LogP contribution in [0.2, 0.25) is 5.02 Å². The van der Waals surface area contributed by atoms with Crippen LogP contribution in [-0.2, 0) is 15.0 Å². The first kappa shape index (κ1) is 26.2. The molecule has 0 aliphatic rings. The van der Waals surface area contributed by atoms with Gasteiger partial charge in [-0.3, -0.25) is 9.59 Å². The van der Waals surface area contributed by atoms with Crippen molar-refractivity contribution in [1.29, 1.82) is 0 Å². The minimum absolute atomic E-state index is 0.0470. The van der Waals surface area contributed by atoms with Crippen LogP contribution in [0.5, 0.6) is 0 Å². The maximum Gasteiger partial charge on any atom is 0.247 e. The number of unbranched alkanes of at least 4 members (excludes halogenated alkanes) is 1. The maximum atomic E-state index is 13.1. The number of aromatic nitrogens is 2. The van der Waals surface area contributed by atoms with Gasteiger partial charge in [-0.1, -0.05) is 76.0 Å². The summed E-state index contributed by atoms with van der Waals surface area (Å²) < 4.78 is 1.70. The molecule has 1 N–H and O–H groups in total. The zero-order valence-corrected chi connectivity index (χ0v) is 21.5. The van der Waals surface area contributed by atoms with Crippen LogP contribution in [0.4, 0.5) is 5.82 Å². The lowest BCUT2D eigenvalue weighted by Gasteiger charge is -2.20. The minimum atomic E-state index is -0.280. The highest BCUT2D eigenvalue weighted by Gasteiger charge is 2.22. The molecule has 184 valence electrons. The van der Waals surface area contributed by atoms with Gasteiger partial charge in [0, 0.05) is 29.1 Å². The second-order valence-corrected chi connectivity index (χ2v) is 9.90. The Kier molecular flexibility index (Phi) is 8.88. The summed E-state index contributed by atoms with van der Waals surface area (Å²) in [7, 11) is 0. The van der Waals surface area contributed by atoms with Crippen LogP contribution >= 0.6 is 11.6 Å². The maximum absolute atomic E-state index is 13.1. The van der Waals surface area contributed by atoms with E-state index in [4.69, 9.17) is 16.7 Å². The van der Waals surface area contributed by atoms with E-state index in [1.807, 2.05) is 48.5 Å². The first-order valence-corrected chi connectivity index (χ1v) is 12.2. The summed E-state index contributed by atoms with van der Waals surface area (Å²) >= 11 is 6.05. The van der Waals surface area contributed by atoms with Gasteiger partial charge >= 0.3 is 0 Å². The van der Waals surface area contributed by atoms with Crippen molar-refractivity contribution in [2.24, 2.45) is 0 Å². The van der Waals surface area contributed by atoms with E-state index in [-0.39, 0.29) is 23.8 Å². The van der Waals surface area contributed by atoms with Crippen molar-refractivity contribution in [2.45, 2.75) is 46.0 Å². The standard InChI is InChI=1S/C28H33ClN4O2/c1-5-6-18-32(27(35)17-12-21-10-8-7-9-11-21)20-26(34)30-25-19-24(28(2,3)4)31-33(25)23-15-13-22(29)14-16-23/h7-17,19H,5-6,18,20H2,1-4H3,(H,30,34)/b17-12+. The average molecular weight is 493 g/mol. The molecule has 0 saturated carbocycles. The average Bonchev–Trinajstić information content (AvgIpc) is 3.25. The lowest BCUT2D eigenvalue weighted by molar-refractivity contribution is -0.130. The number of rotatable bonds is 9. The van der Waals surface area contributed by atoms with E-state index in [1.165, 1.54) is 6.08 Å². The number of halogens is 1. The van der Waals surface area contributed by atoms with Gasteiger partial charge in [0.25, 0.3) is 0 Å². The van der Waals surface area contributed by atoms with Gasteiger partial charge in [0.2, 0.25) is 11.8 Å². The summed E-state index contributed by atoms with van der Waals surface area (Å²) in [6, 6.07) is 18.8. The molecule has 0 saturated heterocycles. The van der Waals surface area contributed by atoms with Gasteiger partial charge in [-0.05, 0) is 42.3 Å². The van der Waals surface area contributed by atoms with E-state index >= 15 is 0 Å². The molecule has 2 amide bonds. The molecule has 3 aromatic rings. The van der Waals surface area contributed by atoms with Crippen molar-refractivity contribution < 1.29 is 9.59 Å². The summed E-state index contributed by atoms with van der Waals surface area (Å²) in [5, 5.41) is 8.31. The van der Waals surface area contributed by atoms with E-state index in [0.717, 1.165) is 29.8 Å². The fourth-order valence-corrected chi connectivity index (χ4v) is 3.55. The van der Waals surface area contributed by atoms with E-state index in [1.54, 1.807) is 27.8 Å². The van der Waals surface area contributed by atoms with Crippen LogP contribution in [0.15, 0.2) is 66.7 Å². The highest BCUT2D eigenvalue weighted by molar-refractivity contribution is 6.30. The first-order valence-electron chi connectivity index (χ1n) is 11.9. The summed E-state index contributed by atoms with van der Waals surface area (Å²) in [5.41, 5.74) is 2.35. The summed E-state index contributed by atoms with van der Waals surface area (Å²) in [5.74, 6) is 0.0714. The van der Waals surface area contributed by atoms with Gasteiger partial charge in [-0.25, -0.2) is 4.68 Å². The van der Waals surface area contributed by atoms with Crippen molar-refractivity contribution in [1.82, 2.24) is 14.7 Å². The molecule has 1 heterocycles. The normalized spacial score (nSPS) is 11.6. The third kappa shape index (κ3) is 7.55. The van der Waals surface area contributed by atoms with Gasteiger partial charge in [0.15, 0.2) is 0 Å². The topological polar surface area (TPSA) is 67.2 Å². The lowest BCUT2D eigenvalue weighted by Crippen LogP contribution is -2.38. The van der Waals surface area contributed by atoms with E-state index in [0.29, 0.717) is 17.4 Å². The number of benzene rings is 2. The van der Waals surface area contributed by atoms with Crippen molar-refractivity contribution in [3.8, 4) is 5.69 Å². The van der Waals surface area contributed by atoms with Gasteiger partial charge in [-0.2, -0.15) is 5.10 Å². The molecule has 0 radical (unpaired) electrons. The Balaban J connectivity index is 1.79. The predicted molar refractivity (Wildman–Crippen MR) is 143 cm³/mol. The SMILES string of the molecule is CCCCN(CC(=O)Nc1cc(C(C)(C)C)nn1-c1ccc(Cl)cc1)C(=O)/C=C/c1ccccc1. The third-order valence-corrected chi connectivity index (χ3v) is 5.71. The fraction of sp³-hybridized carbons (Fsp3) is 0.321. The number of carbonyl (C=O) groups excluding carboxylic acids is 2. The van der Waals surface area contributed by atoms with Crippen LogP contribution < -0.4 is 5.32 Å². The van der Waals surface area contributed by atoms with E-state index < -0.39 is 0 Å². The number of amides is 2. The molecule has 0 bridgehead atoms. The molecule has 0 atom stereocenters. The Morgan fingerprint density at radius 3 is 2.40 bits per heavy atom. The van der Waals surface area contributed by atoms with E-state index in [2.05, 4.69) is 33.0 Å². The van der Waals surface area contributed by atoms with Gasteiger partial charge in [-0.15, -0.1) is 0 Å². The Morgan fingerprint density at radius 1 is 1.09 bits per heavy atom. The Bertz CT molecular complexity index is 1160. The summed E-state index contributed by atoms with van der Waals surface area (Å²) in [4.78, 5) is 27.5. The zero-order valence-electron chi connectivity index (χ0n) is 20.8. The molecule has 7 heteroatoms. The molecule has 35 heavy (non-hydrogen) atoms. The molecule has 0 unspecified atom stereocenters. The third-order valence-electron chi connectivity index (χ3n) is 5.46. The lowest BCUT2D eigenvalue weighted by atomic mass is 9.92. The van der Waals surface area contributed by atoms with Crippen LogP contribution in [0.3, 0.4) is 0 Å². The molecule has 0 spiro atoms. The van der Waals surface area contributed by atoms with Crippen molar-refractivity contribution >= 4 is 35.3 Å². The van der Waals surface area contributed by atoms with Gasteiger partial charge in [0.1, 0.15) is 12.4 Å². The first-order chi connectivity index (χ1) is 16.7. The molecule has 2 aromatic carbocycles. The minimum Gasteiger partial charge on any atom is -0.330 e. The summed E-state index contributed by atoms with van der Waals surface area (Å²) in [6.07, 6.45) is 5.03. The number of nitrogens with one attached hydrogen (secondary N) is 1. The zero-order chi connectivity index (χ0) is 25.4. The summed E-state index contributed by atoms with van der Waals surface area (Å²) in [6.45, 7) is 8.72. The molecule has 0 aliphatic carbocycles. The van der Waals surface area contributed by atoms with Crippen LogP contribution in [0.25, 0.3) is 11.8 Å². The van der Waals surface area contributed by atoms with Crippen molar-refractivity contribution in [3.63, 3.8) is 0 Å². The van der Waals surface area contributed by atoms with Crippen molar-refractivity contribution in [3.05, 3.63) is 83.0 Å². The van der Waals surface area contributed by atoms with Gasteiger partial charge < -0.3 is 10.2 Å².